The predicted octanol–water partition coefficient (Wildman–Crippen LogP) is 5.71. The van der Waals surface area contributed by atoms with Crippen molar-refractivity contribution < 1.29 is 22.7 Å². The number of hydrogen-bond acceptors (Lipinski definition) is 4. The lowest BCUT2D eigenvalue weighted by molar-refractivity contribution is -0.264. The van der Waals surface area contributed by atoms with Gasteiger partial charge in [0.05, 0.1) is 18.3 Å². The Morgan fingerprint density at radius 1 is 1.25 bits per heavy atom. The Morgan fingerprint density at radius 2 is 1.97 bits per heavy atom. The highest BCUT2D eigenvalue weighted by atomic mass is 35.5. The number of benzene rings is 2. The number of carbonyl (C=O) groups is 1. The lowest BCUT2D eigenvalue weighted by Gasteiger charge is -2.31. The number of nitrogens with zero attached hydrogens (tertiary/aromatic N) is 1. The van der Waals surface area contributed by atoms with Crippen molar-refractivity contribution in [3.63, 3.8) is 0 Å². The minimum atomic E-state index is -4.67. The van der Waals surface area contributed by atoms with Gasteiger partial charge in [-0.3, -0.25) is 4.79 Å². The molecule has 0 radical (unpaired) electrons. The van der Waals surface area contributed by atoms with Crippen LogP contribution in [-0.4, -0.2) is 37.4 Å². The molecule has 0 saturated carbocycles. The zero-order valence-electron chi connectivity index (χ0n) is 17.1. The predicted molar refractivity (Wildman–Crippen MR) is 122 cm³/mol. The second-order valence-corrected chi connectivity index (χ2v) is 9.67. The molecule has 1 fully saturated rings. The summed E-state index contributed by atoms with van der Waals surface area (Å²) in [4.78, 5) is 13.5. The number of alkyl halides is 3. The van der Waals surface area contributed by atoms with Gasteiger partial charge in [-0.15, -0.1) is 0 Å². The monoisotopic (exact) mass is 504 g/mol. The number of carbonyl (C=O) groups excluding carboxylic acids is 1. The van der Waals surface area contributed by atoms with Crippen LogP contribution >= 0.6 is 35.0 Å². The van der Waals surface area contributed by atoms with E-state index in [2.05, 4.69) is 5.32 Å². The molecule has 1 N–H and O–H groups in total. The Morgan fingerprint density at radius 3 is 2.62 bits per heavy atom. The summed E-state index contributed by atoms with van der Waals surface area (Å²) in [5.41, 5.74) is 0.00984. The Hall–Kier alpha value is -1.61. The van der Waals surface area contributed by atoms with E-state index in [9.17, 15) is 18.0 Å². The zero-order chi connectivity index (χ0) is 23.1. The average molecular weight is 505 g/mol. The van der Waals surface area contributed by atoms with Gasteiger partial charge < -0.3 is 15.0 Å². The van der Waals surface area contributed by atoms with Crippen molar-refractivity contribution in [2.75, 3.05) is 30.2 Å². The molecule has 32 heavy (non-hydrogen) atoms. The molecular formula is C22H21Cl2F3N2O2S. The van der Waals surface area contributed by atoms with Gasteiger partial charge in [0, 0.05) is 15.7 Å². The van der Waals surface area contributed by atoms with Crippen LogP contribution in [0.5, 0.6) is 0 Å². The first-order valence-electron chi connectivity index (χ1n) is 9.96. The first-order chi connectivity index (χ1) is 15.1. The fourth-order valence-electron chi connectivity index (χ4n) is 4.33. The van der Waals surface area contributed by atoms with Crippen molar-refractivity contribution in [1.29, 1.82) is 0 Å². The molecule has 4 rings (SSSR count). The van der Waals surface area contributed by atoms with Crippen LogP contribution in [0.3, 0.4) is 0 Å². The maximum absolute atomic E-state index is 14.2. The number of nitrogens with one attached hydrogen (secondary N) is 1. The van der Waals surface area contributed by atoms with E-state index >= 15 is 0 Å². The number of fused-ring (bicyclic) bond motifs is 1. The molecular weight excluding hydrogens is 484 g/mol. The summed E-state index contributed by atoms with van der Waals surface area (Å²) < 4.78 is 48.1. The Bertz CT molecular complexity index is 1020. The summed E-state index contributed by atoms with van der Waals surface area (Å²) in [5, 5.41) is 3.25. The third-order valence-electron chi connectivity index (χ3n) is 5.85. The van der Waals surface area contributed by atoms with E-state index in [4.69, 9.17) is 27.9 Å². The van der Waals surface area contributed by atoms with Crippen LogP contribution in [0.2, 0.25) is 10.0 Å². The Kier molecular flexibility index (Phi) is 6.60. The first kappa shape index (κ1) is 23.5. The van der Waals surface area contributed by atoms with Gasteiger partial charge >= 0.3 is 6.18 Å². The van der Waals surface area contributed by atoms with Crippen molar-refractivity contribution in [3.05, 3.63) is 63.1 Å². The minimum Gasteiger partial charge on any atom is -0.349 e. The van der Waals surface area contributed by atoms with Gasteiger partial charge in [-0.1, -0.05) is 29.3 Å². The lowest BCUT2D eigenvalue weighted by Crippen LogP contribution is -2.46. The van der Waals surface area contributed by atoms with Crippen LogP contribution in [0.1, 0.15) is 29.2 Å². The average Bonchev–Trinajstić information content (AvgIpc) is 3.32. The summed E-state index contributed by atoms with van der Waals surface area (Å²) in [6.07, 6.45) is -1.29. The standard InChI is InChI=1S/C22H21Cl2F3N2O2S/c1-32-10-20(30)28-19-5-2-13-6-17(3-4-18(13)19)29-11-21(31-12-29,22(25,26)27)14-7-15(23)9-16(24)8-14/h3-4,6-9,19H,2,5,10-12H2,1H3,(H,28,30). The SMILES string of the molecule is CSCC(=O)NC1CCc2cc(N3COC(c4cc(Cl)cc(Cl)c4)(C(F)(F)F)C3)ccc21. The molecule has 1 amide bonds. The summed E-state index contributed by atoms with van der Waals surface area (Å²) in [5.74, 6) is 0.365. The van der Waals surface area contributed by atoms with Gasteiger partial charge in [0.15, 0.2) is 0 Å². The lowest BCUT2D eigenvalue weighted by atomic mass is 9.92. The molecule has 2 aromatic carbocycles. The number of aryl methyl sites for hydroxylation is 1. The highest BCUT2D eigenvalue weighted by molar-refractivity contribution is 7.99. The van der Waals surface area contributed by atoms with Crippen LogP contribution in [-0.2, 0) is 21.6 Å². The second-order valence-electron chi connectivity index (χ2n) is 7.93. The normalized spacial score (nSPS) is 22.8. The Labute approximate surface area is 198 Å². The van der Waals surface area contributed by atoms with Crippen molar-refractivity contribution in [1.82, 2.24) is 5.32 Å². The fourth-order valence-corrected chi connectivity index (χ4v) is 5.20. The van der Waals surface area contributed by atoms with Crippen molar-refractivity contribution in [2.45, 2.75) is 30.7 Å². The molecule has 2 atom stereocenters. The number of ether oxygens (including phenoxy) is 1. The molecule has 1 heterocycles. The van der Waals surface area contributed by atoms with Crippen molar-refractivity contribution in [3.8, 4) is 0 Å². The van der Waals surface area contributed by atoms with Gasteiger partial charge in [0.25, 0.3) is 0 Å². The smallest absolute Gasteiger partial charge is 0.349 e. The number of amides is 1. The van der Waals surface area contributed by atoms with Crippen LogP contribution in [0.4, 0.5) is 18.9 Å². The van der Waals surface area contributed by atoms with Gasteiger partial charge in [0.1, 0.15) is 6.73 Å². The molecule has 4 nitrogen and oxygen atoms in total. The third-order valence-corrected chi connectivity index (χ3v) is 6.83. The molecule has 2 aromatic rings. The van der Waals surface area contributed by atoms with E-state index in [1.54, 1.807) is 11.0 Å². The van der Waals surface area contributed by atoms with Gasteiger partial charge in [-0.2, -0.15) is 24.9 Å². The minimum absolute atomic E-state index is 0.0255. The fraction of sp³-hybridized carbons (Fsp3) is 0.409. The van der Waals surface area contributed by atoms with E-state index < -0.39 is 18.3 Å². The van der Waals surface area contributed by atoms with E-state index in [0.29, 0.717) is 11.4 Å². The third kappa shape index (κ3) is 4.42. The number of rotatable bonds is 5. The largest absolute Gasteiger partial charge is 0.423 e. The molecule has 10 heteroatoms. The first-order valence-corrected chi connectivity index (χ1v) is 12.1. The summed E-state index contributed by atoms with van der Waals surface area (Å²) >= 11 is 13.4. The van der Waals surface area contributed by atoms with Crippen molar-refractivity contribution >= 4 is 46.6 Å². The second kappa shape index (κ2) is 8.97. The molecule has 1 aliphatic carbocycles. The maximum atomic E-state index is 14.2. The van der Waals surface area contributed by atoms with E-state index in [0.717, 1.165) is 24.0 Å². The number of anilines is 1. The van der Waals surface area contributed by atoms with Crippen LogP contribution in [0.15, 0.2) is 36.4 Å². The molecule has 0 bridgehead atoms. The molecule has 1 aliphatic heterocycles. The van der Waals surface area contributed by atoms with Crippen molar-refractivity contribution in [2.24, 2.45) is 0 Å². The van der Waals surface area contributed by atoms with Crippen LogP contribution in [0, 0.1) is 0 Å². The van der Waals surface area contributed by atoms with Crippen LogP contribution in [0.25, 0.3) is 0 Å². The summed E-state index contributed by atoms with van der Waals surface area (Å²) in [6.45, 7) is -0.643. The molecule has 0 aromatic heterocycles. The molecule has 1 saturated heterocycles. The number of hydrogen-bond donors (Lipinski definition) is 1. The topological polar surface area (TPSA) is 41.6 Å². The van der Waals surface area contributed by atoms with E-state index in [-0.39, 0.29) is 34.3 Å². The maximum Gasteiger partial charge on any atom is 0.423 e. The van der Waals surface area contributed by atoms with Gasteiger partial charge in [0.2, 0.25) is 11.5 Å². The molecule has 2 aliphatic rings. The summed E-state index contributed by atoms with van der Waals surface area (Å²) in [7, 11) is 0. The van der Waals surface area contributed by atoms with Crippen LogP contribution < -0.4 is 10.2 Å². The molecule has 172 valence electrons. The van der Waals surface area contributed by atoms with Gasteiger partial charge in [-0.05, 0) is 66.1 Å². The highest BCUT2D eigenvalue weighted by Gasteiger charge is 2.61. The number of halogens is 5. The van der Waals surface area contributed by atoms with Gasteiger partial charge in [-0.25, -0.2) is 0 Å². The number of thioether (sulfide) groups is 1. The van der Waals surface area contributed by atoms with E-state index in [1.807, 2.05) is 18.4 Å². The quantitative estimate of drug-likeness (QED) is 0.565. The Balaban J connectivity index is 1.59. The van der Waals surface area contributed by atoms with E-state index in [1.165, 1.54) is 30.0 Å². The highest BCUT2D eigenvalue weighted by Crippen LogP contribution is 2.48. The molecule has 2 unspecified atom stereocenters. The molecule has 0 spiro atoms. The summed E-state index contributed by atoms with van der Waals surface area (Å²) in [6, 6.07) is 9.35. The zero-order valence-corrected chi connectivity index (χ0v) is 19.5.